The number of rotatable bonds is 2. The molecule has 60 valence electrons. The minimum atomic E-state index is 0.0804. The van der Waals surface area contributed by atoms with Gasteiger partial charge in [0.2, 0.25) is 5.91 Å². The number of nitrogens with one attached hydrogen (secondary N) is 1. The standard InChI is InChI=1S/C8H11NO2/c10-5-1-2-7-3-4-9-8(11)6-7/h1-2,5,7H,3-4,6H2,(H,9,11)/b2-1+/t7-/m0/s1. The van der Waals surface area contributed by atoms with E-state index in [1.54, 1.807) is 6.08 Å². The Balaban J connectivity index is 2.39. The number of hydrogen-bond acceptors (Lipinski definition) is 2. The van der Waals surface area contributed by atoms with Crippen LogP contribution in [0.15, 0.2) is 12.2 Å². The first-order valence-electron chi connectivity index (χ1n) is 3.71. The zero-order chi connectivity index (χ0) is 8.10. The molecule has 0 aromatic heterocycles. The van der Waals surface area contributed by atoms with Crippen LogP contribution in [-0.2, 0) is 9.59 Å². The highest BCUT2D eigenvalue weighted by atomic mass is 16.1. The molecule has 1 heterocycles. The highest BCUT2D eigenvalue weighted by molar-refractivity contribution is 5.77. The third kappa shape index (κ3) is 2.53. The van der Waals surface area contributed by atoms with Gasteiger partial charge in [-0.1, -0.05) is 6.08 Å². The first-order chi connectivity index (χ1) is 5.33. The van der Waals surface area contributed by atoms with Gasteiger partial charge in [0, 0.05) is 13.0 Å². The van der Waals surface area contributed by atoms with Crippen molar-refractivity contribution in [1.82, 2.24) is 5.32 Å². The van der Waals surface area contributed by atoms with Crippen molar-refractivity contribution in [2.75, 3.05) is 6.54 Å². The maximum absolute atomic E-state index is 10.8. The Morgan fingerprint density at radius 3 is 3.00 bits per heavy atom. The number of hydrogen-bond donors (Lipinski definition) is 1. The van der Waals surface area contributed by atoms with E-state index in [0.717, 1.165) is 19.3 Å². The van der Waals surface area contributed by atoms with Crippen molar-refractivity contribution in [3.8, 4) is 0 Å². The zero-order valence-electron chi connectivity index (χ0n) is 6.25. The van der Waals surface area contributed by atoms with Crippen molar-refractivity contribution >= 4 is 12.2 Å². The lowest BCUT2D eigenvalue weighted by molar-refractivity contribution is -0.123. The Bertz CT molecular complexity index is 187. The topological polar surface area (TPSA) is 46.2 Å². The molecule has 1 aliphatic rings. The number of allylic oxidation sites excluding steroid dienone is 2. The van der Waals surface area contributed by atoms with Crippen molar-refractivity contribution in [3.05, 3.63) is 12.2 Å². The second kappa shape index (κ2) is 3.91. The van der Waals surface area contributed by atoms with Crippen molar-refractivity contribution in [3.63, 3.8) is 0 Å². The predicted octanol–water partition coefficient (Wildman–Crippen LogP) is 0.268. The Labute approximate surface area is 65.5 Å². The van der Waals surface area contributed by atoms with Crippen molar-refractivity contribution in [2.45, 2.75) is 12.8 Å². The van der Waals surface area contributed by atoms with Crippen LogP contribution in [0.5, 0.6) is 0 Å². The summed E-state index contributed by atoms with van der Waals surface area (Å²) >= 11 is 0. The van der Waals surface area contributed by atoms with E-state index in [9.17, 15) is 9.59 Å². The molecule has 3 heteroatoms. The number of piperidine rings is 1. The fourth-order valence-corrected chi connectivity index (χ4v) is 1.18. The summed E-state index contributed by atoms with van der Waals surface area (Å²) in [4.78, 5) is 20.7. The Morgan fingerprint density at radius 1 is 1.55 bits per heavy atom. The van der Waals surface area contributed by atoms with Gasteiger partial charge in [-0.25, -0.2) is 0 Å². The summed E-state index contributed by atoms with van der Waals surface area (Å²) in [5.74, 6) is 0.339. The average molecular weight is 153 g/mol. The monoisotopic (exact) mass is 153 g/mol. The summed E-state index contributed by atoms with van der Waals surface area (Å²) in [5.41, 5.74) is 0. The largest absolute Gasteiger partial charge is 0.356 e. The van der Waals surface area contributed by atoms with Crippen LogP contribution >= 0.6 is 0 Å². The molecule has 1 aliphatic heterocycles. The minimum Gasteiger partial charge on any atom is -0.356 e. The van der Waals surface area contributed by atoms with Gasteiger partial charge in [-0.05, 0) is 18.4 Å². The molecule has 3 nitrogen and oxygen atoms in total. The van der Waals surface area contributed by atoms with Crippen LogP contribution in [0.1, 0.15) is 12.8 Å². The molecule has 0 unspecified atom stereocenters. The van der Waals surface area contributed by atoms with Crippen molar-refractivity contribution in [2.24, 2.45) is 5.92 Å². The van der Waals surface area contributed by atoms with E-state index in [4.69, 9.17) is 0 Å². The van der Waals surface area contributed by atoms with Crippen LogP contribution in [0.2, 0.25) is 0 Å². The van der Waals surface area contributed by atoms with E-state index < -0.39 is 0 Å². The lowest BCUT2D eigenvalue weighted by Crippen LogP contribution is -2.32. The molecule has 0 aromatic carbocycles. The highest BCUT2D eigenvalue weighted by Crippen LogP contribution is 2.12. The summed E-state index contributed by atoms with van der Waals surface area (Å²) in [6.45, 7) is 0.729. The lowest BCUT2D eigenvalue weighted by Gasteiger charge is -2.18. The fraction of sp³-hybridized carbons (Fsp3) is 0.500. The Kier molecular flexibility index (Phi) is 2.83. The number of carbonyl (C=O) groups excluding carboxylic acids is 2. The van der Waals surface area contributed by atoms with Gasteiger partial charge in [-0.3, -0.25) is 9.59 Å². The maximum Gasteiger partial charge on any atom is 0.220 e. The van der Waals surface area contributed by atoms with Crippen molar-refractivity contribution in [1.29, 1.82) is 0 Å². The van der Waals surface area contributed by atoms with Gasteiger partial charge < -0.3 is 5.32 Å². The summed E-state index contributed by atoms with van der Waals surface area (Å²) < 4.78 is 0. The highest BCUT2D eigenvalue weighted by Gasteiger charge is 2.15. The van der Waals surface area contributed by atoms with Crippen LogP contribution in [0.25, 0.3) is 0 Å². The third-order valence-corrected chi connectivity index (χ3v) is 1.75. The van der Waals surface area contributed by atoms with Gasteiger partial charge in [-0.15, -0.1) is 0 Å². The molecule has 1 fully saturated rings. The van der Waals surface area contributed by atoms with Gasteiger partial charge >= 0.3 is 0 Å². The lowest BCUT2D eigenvalue weighted by atomic mass is 9.97. The van der Waals surface area contributed by atoms with Gasteiger partial charge in [0.05, 0.1) is 0 Å². The van der Waals surface area contributed by atoms with Gasteiger partial charge in [-0.2, -0.15) is 0 Å². The van der Waals surface area contributed by atoms with Gasteiger partial charge in [0.1, 0.15) is 6.29 Å². The SMILES string of the molecule is O=C/C=C/[C@H]1CCNC(=O)C1. The quantitative estimate of drug-likeness (QED) is 0.457. The summed E-state index contributed by atoms with van der Waals surface area (Å²) in [6, 6.07) is 0. The van der Waals surface area contributed by atoms with Crippen molar-refractivity contribution < 1.29 is 9.59 Å². The van der Waals surface area contributed by atoms with Crippen LogP contribution in [-0.4, -0.2) is 18.7 Å². The molecular weight excluding hydrogens is 142 g/mol. The maximum atomic E-state index is 10.8. The predicted molar refractivity (Wildman–Crippen MR) is 40.9 cm³/mol. The summed E-state index contributed by atoms with van der Waals surface area (Å²) in [5, 5.41) is 2.73. The zero-order valence-corrected chi connectivity index (χ0v) is 6.25. The van der Waals surface area contributed by atoms with Crippen LogP contribution in [0.4, 0.5) is 0 Å². The molecule has 0 saturated carbocycles. The Morgan fingerprint density at radius 2 is 2.36 bits per heavy atom. The van der Waals surface area contributed by atoms with E-state index in [1.165, 1.54) is 6.08 Å². The molecule has 1 atom stereocenters. The van der Waals surface area contributed by atoms with E-state index in [0.29, 0.717) is 6.42 Å². The first-order valence-corrected chi connectivity index (χ1v) is 3.71. The number of carbonyl (C=O) groups is 2. The van der Waals surface area contributed by atoms with Gasteiger partial charge in [0.25, 0.3) is 0 Å². The summed E-state index contributed by atoms with van der Waals surface area (Å²) in [7, 11) is 0. The summed E-state index contributed by atoms with van der Waals surface area (Å²) in [6.07, 6.45) is 5.46. The second-order valence-electron chi connectivity index (χ2n) is 2.62. The third-order valence-electron chi connectivity index (χ3n) is 1.75. The fourth-order valence-electron chi connectivity index (χ4n) is 1.18. The molecule has 0 bridgehead atoms. The molecule has 1 saturated heterocycles. The van der Waals surface area contributed by atoms with E-state index in [2.05, 4.69) is 5.32 Å². The molecule has 0 aliphatic carbocycles. The second-order valence-corrected chi connectivity index (χ2v) is 2.62. The first kappa shape index (κ1) is 7.98. The van der Waals surface area contributed by atoms with E-state index >= 15 is 0 Å². The molecule has 1 N–H and O–H groups in total. The van der Waals surface area contributed by atoms with Crippen LogP contribution in [0, 0.1) is 5.92 Å². The normalized spacial score (nSPS) is 25.1. The van der Waals surface area contributed by atoms with E-state index in [1.807, 2.05) is 0 Å². The molecule has 0 spiro atoms. The molecule has 0 aromatic rings. The average Bonchev–Trinajstić information content (AvgIpc) is 2.01. The minimum absolute atomic E-state index is 0.0804. The number of aldehydes is 1. The molecular formula is C8H11NO2. The number of amides is 1. The molecule has 1 amide bonds. The van der Waals surface area contributed by atoms with Gasteiger partial charge in [0.15, 0.2) is 0 Å². The molecule has 11 heavy (non-hydrogen) atoms. The van der Waals surface area contributed by atoms with Crippen LogP contribution in [0.3, 0.4) is 0 Å². The molecule has 0 radical (unpaired) electrons. The Hall–Kier alpha value is -1.12. The smallest absolute Gasteiger partial charge is 0.220 e. The van der Waals surface area contributed by atoms with E-state index in [-0.39, 0.29) is 11.8 Å². The van der Waals surface area contributed by atoms with Crippen LogP contribution < -0.4 is 5.32 Å². The molecule has 1 rings (SSSR count).